The molecule has 0 nitrogen and oxygen atoms in total. The number of hydrogen-bond acceptors (Lipinski definition) is 1. The lowest BCUT2D eigenvalue weighted by Gasteiger charge is -1.91. The number of halogens is 1. The van der Waals surface area contributed by atoms with Gasteiger partial charge in [-0.15, -0.1) is 11.3 Å². The van der Waals surface area contributed by atoms with Crippen molar-refractivity contribution in [3.63, 3.8) is 0 Å². The lowest BCUT2D eigenvalue weighted by Crippen LogP contribution is -1.76. The second kappa shape index (κ2) is 3.05. The molecule has 0 saturated heterocycles. The molecule has 56 valence electrons. The van der Waals surface area contributed by atoms with Crippen LogP contribution in [0.3, 0.4) is 0 Å². The van der Waals surface area contributed by atoms with Crippen molar-refractivity contribution in [3.8, 4) is 0 Å². The van der Waals surface area contributed by atoms with E-state index in [1.807, 2.05) is 11.3 Å². The van der Waals surface area contributed by atoms with Crippen LogP contribution in [0.1, 0.15) is 20.9 Å². The van der Waals surface area contributed by atoms with E-state index in [4.69, 9.17) is 0 Å². The molecule has 0 aliphatic carbocycles. The van der Waals surface area contributed by atoms with Gasteiger partial charge in [0.2, 0.25) is 0 Å². The predicted molar refractivity (Wildman–Crippen MR) is 51.2 cm³/mol. The molecule has 10 heavy (non-hydrogen) atoms. The molecule has 0 aliphatic rings. The Morgan fingerprint density at radius 1 is 1.20 bits per heavy atom. The Morgan fingerprint density at radius 2 is 1.80 bits per heavy atom. The smallest absolute Gasteiger partial charge is 0.0380 e. The zero-order chi connectivity index (χ0) is 7.72. The maximum absolute atomic E-state index is 3.47. The molecule has 0 N–H and O–H groups in total. The van der Waals surface area contributed by atoms with E-state index in [1.165, 1.54) is 20.9 Å². The summed E-state index contributed by atoms with van der Waals surface area (Å²) in [5, 5.41) is 0.998. The van der Waals surface area contributed by atoms with Crippen LogP contribution < -0.4 is 0 Å². The standard InChI is InChI=1S/C8H11BrS/c1-5-6(2)8(4-9)10-7(5)3/h4H2,1-3H3. The zero-order valence-electron chi connectivity index (χ0n) is 6.49. The van der Waals surface area contributed by atoms with Crippen molar-refractivity contribution < 1.29 is 0 Å². The fourth-order valence-corrected chi connectivity index (χ4v) is 2.74. The molecule has 0 bridgehead atoms. The summed E-state index contributed by atoms with van der Waals surface area (Å²) in [4.78, 5) is 2.92. The van der Waals surface area contributed by atoms with Crippen LogP contribution in [0.4, 0.5) is 0 Å². The van der Waals surface area contributed by atoms with Gasteiger partial charge < -0.3 is 0 Å². The van der Waals surface area contributed by atoms with Crippen LogP contribution in [0.2, 0.25) is 0 Å². The molecule has 0 spiro atoms. The summed E-state index contributed by atoms with van der Waals surface area (Å²) < 4.78 is 0. The first-order valence-corrected chi connectivity index (χ1v) is 5.22. The van der Waals surface area contributed by atoms with E-state index in [2.05, 4.69) is 36.7 Å². The molecular weight excluding hydrogens is 208 g/mol. The maximum Gasteiger partial charge on any atom is 0.0380 e. The van der Waals surface area contributed by atoms with Crippen LogP contribution in [-0.4, -0.2) is 0 Å². The van der Waals surface area contributed by atoms with Crippen molar-refractivity contribution in [1.29, 1.82) is 0 Å². The molecule has 2 heteroatoms. The monoisotopic (exact) mass is 218 g/mol. The number of thiophene rings is 1. The molecule has 0 radical (unpaired) electrons. The number of hydrogen-bond donors (Lipinski definition) is 0. The summed E-state index contributed by atoms with van der Waals surface area (Å²) >= 11 is 5.36. The lowest BCUT2D eigenvalue weighted by atomic mass is 10.2. The van der Waals surface area contributed by atoms with Gasteiger partial charge in [-0.05, 0) is 31.9 Å². The minimum atomic E-state index is 0.998. The molecule has 1 rings (SSSR count). The summed E-state index contributed by atoms with van der Waals surface area (Å²) in [6.07, 6.45) is 0. The van der Waals surface area contributed by atoms with Crippen LogP contribution in [0.25, 0.3) is 0 Å². The molecule has 1 aromatic heterocycles. The molecule has 0 fully saturated rings. The highest BCUT2D eigenvalue weighted by Gasteiger charge is 2.05. The molecule has 0 atom stereocenters. The maximum atomic E-state index is 3.47. The SMILES string of the molecule is Cc1sc(CBr)c(C)c1C. The first-order chi connectivity index (χ1) is 4.66. The van der Waals surface area contributed by atoms with Gasteiger partial charge in [-0.2, -0.15) is 0 Å². The quantitative estimate of drug-likeness (QED) is 0.633. The van der Waals surface area contributed by atoms with Gasteiger partial charge in [0.1, 0.15) is 0 Å². The van der Waals surface area contributed by atoms with Gasteiger partial charge in [-0.3, -0.25) is 0 Å². The van der Waals surface area contributed by atoms with E-state index < -0.39 is 0 Å². The van der Waals surface area contributed by atoms with Crippen LogP contribution in [0.5, 0.6) is 0 Å². The van der Waals surface area contributed by atoms with Gasteiger partial charge in [0.25, 0.3) is 0 Å². The van der Waals surface area contributed by atoms with E-state index in [0.29, 0.717) is 0 Å². The molecule has 0 saturated carbocycles. The van der Waals surface area contributed by atoms with Crippen molar-refractivity contribution in [3.05, 3.63) is 20.9 Å². The highest BCUT2D eigenvalue weighted by atomic mass is 79.9. The normalized spacial score (nSPS) is 10.4. The van der Waals surface area contributed by atoms with Crippen molar-refractivity contribution in [1.82, 2.24) is 0 Å². The molecule has 0 aliphatic heterocycles. The van der Waals surface area contributed by atoms with Crippen molar-refractivity contribution >= 4 is 27.3 Å². The summed E-state index contributed by atoms with van der Waals surface area (Å²) in [5.41, 5.74) is 2.92. The van der Waals surface area contributed by atoms with Crippen LogP contribution in [-0.2, 0) is 5.33 Å². The molecule has 0 amide bonds. The van der Waals surface area contributed by atoms with E-state index in [9.17, 15) is 0 Å². The second-order valence-corrected chi connectivity index (χ2v) is 4.34. The van der Waals surface area contributed by atoms with E-state index in [-0.39, 0.29) is 0 Å². The highest BCUT2D eigenvalue weighted by molar-refractivity contribution is 9.08. The van der Waals surface area contributed by atoms with E-state index in [0.717, 1.165) is 5.33 Å². The fourth-order valence-electron chi connectivity index (χ4n) is 0.939. The molecule has 1 aromatic rings. The van der Waals surface area contributed by atoms with Gasteiger partial charge >= 0.3 is 0 Å². The van der Waals surface area contributed by atoms with Crippen molar-refractivity contribution in [2.75, 3.05) is 0 Å². The predicted octanol–water partition coefficient (Wildman–Crippen LogP) is 3.57. The van der Waals surface area contributed by atoms with Crippen LogP contribution in [0, 0.1) is 20.8 Å². The highest BCUT2D eigenvalue weighted by Crippen LogP contribution is 2.27. The summed E-state index contributed by atoms with van der Waals surface area (Å²) in [6, 6.07) is 0. The Bertz CT molecular complexity index is 238. The van der Waals surface area contributed by atoms with Gasteiger partial charge in [-0.25, -0.2) is 0 Å². The first-order valence-electron chi connectivity index (χ1n) is 3.28. The third-order valence-corrected chi connectivity index (χ3v) is 4.15. The number of aryl methyl sites for hydroxylation is 1. The molecule has 0 aromatic carbocycles. The van der Waals surface area contributed by atoms with Gasteiger partial charge in [0.05, 0.1) is 0 Å². The summed E-state index contributed by atoms with van der Waals surface area (Å²) in [7, 11) is 0. The minimum absolute atomic E-state index is 0.998. The number of rotatable bonds is 1. The average molecular weight is 219 g/mol. The second-order valence-electron chi connectivity index (χ2n) is 2.47. The Balaban J connectivity index is 3.17. The van der Waals surface area contributed by atoms with Crippen LogP contribution >= 0.6 is 27.3 Å². The van der Waals surface area contributed by atoms with Crippen LogP contribution in [0.15, 0.2) is 0 Å². The molecule has 0 unspecified atom stereocenters. The summed E-state index contributed by atoms with van der Waals surface area (Å²) in [5.74, 6) is 0. The third-order valence-electron chi connectivity index (χ3n) is 1.91. The topological polar surface area (TPSA) is 0 Å². The Morgan fingerprint density at radius 3 is 2.00 bits per heavy atom. The molecule has 1 heterocycles. The Labute approximate surface area is 74.4 Å². The van der Waals surface area contributed by atoms with Gasteiger partial charge in [-0.1, -0.05) is 15.9 Å². The van der Waals surface area contributed by atoms with Crippen molar-refractivity contribution in [2.24, 2.45) is 0 Å². The Hall–Kier alpha value is 0.180. The van der Waals surface area contributed by atoms with Gasteiger partial charge in [0, 0.05) is 15.1 Å². The third kappa shape index (κ3) is 1.28. The minimum Gasteiger partial charge on any atom is -0.144 e. The largest absolute Gasteiger partial charge is 0.144 e. The van der Waals surface area contributed by atoms with Gasteiger partial charge in [0.15, 0.2) is 0 Å². The average Bonchev–Trinajstić information content (AvgIpc) is 2.17. The number of alkyl halides is 1. The summed E-state index contributed by atoms with van der Waals surface area (Å²) in [6.45, 7) is 6.56. The van der Waals surface area contributed by atoms with E-state index >= 15 is 0 Å². The lowest BCUT2D eigenvalue weighted by molar-refractivity contribution is 1.31. The Kier molecular flexibility index (Phi) is 2.53. The molecular formula is C8H11BrS. The fraction of sp³-hybridized carbons (Fsp3) is 0.500. The first kappa shape index (κ1) is 8.28. The van der Waals surface area contributed by atoms with E-state index in [1.54, 1.807) is 0 Å². The van der Waals surface area contributed by atoms with Crippen molar-refractivity contribution in [2.45, 2.75) is 26.1 Å². The zero-order valence-corrected chi connectivity index (χ0v) is 8.90.